The molecule has 15 heteroatoms. The smallest absolute Gasteiger partial charge is 0.408 e. The number of carbonyl (C=O) groups excluding carboxylic acids is 3. The van der Waals surface area contributed by atoms with Crippen molar-refractivity contribution in [3.63, 3.8) is 0 Å². The summed E-state index contributed by atoms with van der Waals surface area (Å²) in [7, 11) is 0. The van der Waals surface area contributed by atoms with Crippen molar-refractivity contribution in [3.05, 3.63) is 43.0 Å². The van der Waals surface area contributed by atoms with E-state index in [0.717, 1.165) is 12.0 Å². The first-order valence-electron chi connectivity index (χ1n) is 15.4. The van der Waals surface area contributed by atoms with Crippen LogP contribution in [-0.4, -0.2) is 110 Å². The van der Waals surface area contributed by atoms with Crippen LogP contribution in [0.3, 0.4) is 0 Å². The number of nitrogens with zero attached hydrogens (tertiary/aromatic N) is 5. The molecular weight excluding hydrogens is 598 g/mol. The zero-order valence-corrected chi connectivity index (χ0v) is 26.0. The quantitative estimate of drug-likeness (QED) is 0.337. The van der Waals surface area contributed by atoms with E-state index in [9.17, 15) is 24.3 Å². The second-order valence-corrected chi connectivity index (χ2v) is 13.4. The van der Waals surface area contributed by atoms with Crippen LogP contribution in [0.15, 0.2) is 43.0 Å². The average molecular weight is 638 g/mol. The number of alkyl carbamates (subject to hydrolysis) is 1. The lowest BCUT2D eigenvalue weighted by Crippen LogP contribution is -2.59. The lowest BCUT2D eigenvalue weighted by Gasteiger charge is -2.35. The predicted octanol–water partition coefficient (Wildman–Crippen LogP) is 1.32. The number of tetrazole rings is 1. The van der Waals surface area contributed by atoms with Crippen LogP contribution in [-0.2, 0) is 28.6 Å². The highest BCUT2D eigenvalue weighted by Crippen LogP contribution is 2.45. The van der Waals surface area contributed by atoms with Crippen molar-refractivity contribution in [2.24, 2.45) is 11.3 Å². The van der Waals surface area contributed by atoms with E-state index in [0.29, 0.717) is 12.4 Å². The molecule has 3 saturated heterocycles. The highest BCUT2D eigenvalue weighted by Gasteiger charge is 2.61. The molecule has 3 aliphatic heterocycles. The summed E-state index contributed by atoms with van der Waals surface area (Å²) in [5.41, 5.74) is -1.54. The van der Waals surface area contributed by atoms with Crippen LogP contribution in [0.1, 0.15) is 46.1 Å². The van der Waals surface area contributed by atoms with Gasteiger partial charge in [-0.3, -0.25) is 9.59 Å². The van der Waals surface area contributed by atoms with Gasteiger partial charge in [0, 0.05) is 31.1 Å². The maximum absolute atomic E-state index is 14.3. The number of carboxylic acid groups (broad SMARTS) is 1. The van der Waals surface area contributed by atoms with Gasteiger partial charge < -0.3 is 34.9 Å². The van der Waals surface area contributed by atoms with Gasteiger partial charge in [-0.2, -0.15) is 4.80 Å². The van der Waals surface area contributed by atoms with Crippen molar-refractivity contribution in [1.82, 2.24) is 35.7 Å². The Kier molecular flexibility index (Phi) is 8.31. The largest absolute Gasteiger partial charge is 0.479 e. The lowest BCUT2D eigenvalue weighted by atomic mass is 9.85. The van der Waals surface area contributed by atoms with E-state index in [2.05, 4.69) is 32.6 Å². The SMILES string of the molecule is C=CC1CC1(NC(=O)C1CC(n2nnc(-c3ccccc3)n2)CN1C(=O)C(NC(=O)OC1COC2CCOC21)C(C)(C)C)C(=O)O. The molecule has 1 aliphatic carbocycles. The molecule has 4 heterocycles. The van der Waals surface area contributed by atoms with E-state index in [1.54, 1.807) is 20.8 Å². The molecule has 4 fully saturated rings. The molecule has 46 heavy (non-hydrogen) atoms. The summed E-state index contributed by atoms with van der Waals surface area (Å²) in [6.07, 6.45) is 0.598. The third-order valence-electron chi connectivity index (χ3n) is 9.23. The van der Waals surface area contributed by atoms with E-state index < -0.39 is 65.0 Å². The van der Waals surface area contributed by atoms with Gasteiger partial charge in [-0.1, -0.05) is 57.2 Å². The van der Waals surface area contributed by atoms with E-state index in [4.69, 9.17) is 14.2 Å². The fourth-order valence-electron chi connectivity index (χ4n) is 6.51. The molecule has 0 radical (unpaired) electrons. The summed E-state index contributed by atoms with van der Waals surface area (Å²) in [4.78, 5) is 56.2. The topological polar surface area (TPSA) is 187 Å². The number of carbonyl (C=O) groups is 4. The third kappa shape index (κ3) is 5.96. The molecule has 15 nitrogen and oxygen atoms in total. The number of likely N-dealkylation sites (tertiary alicyclic amines) is 1. The Bertz CT molecular complexity index is 1510. The molecule has 1 aromatic heterocycles. The van der Waals surface area contributed by atoms with Crippen LogP contribution in [0.4, 0.5) is 4.79 Å². The van der Waals surface area contributed by atoms with Gasteiger partial charge in [0.25, 0.3) is 0 Å². The standard InChI is InChI=1S/C31H39N7O8/c1-5-18-14-31(18,28(41)42)33-26(39)20-13-19(38-35-25(34-36-38)17-9-7-6-8-10-17)15-37(20)27(40)24(30(2,3)4)32-29(43)46-22-16-45-21-11-12-44-23(21)22/h5-10,18-24H,1,11-16H2,2-4H3,(H,32,43)(H,33,39)(H,41,42). The Morgan fingerprint density at radius 1 is 1.20 bits per heavy atom. The van der Waals surface area contributed by atoms with Gasteiger partial charge in [0.05, 0.1) is 18.8 Å². The van der Waals surface area contributed by atoms with E-state index in [1.807, 2.05) is 30.3 Å². The van der Waals surface area contributed by atoms with Gasteiger partial charge in [-0.05, 0) is 23.5 Å². The minimum absolute atomic E-state index is 0.0177. The molecule has 1 saturated carbocycles. The van der Waals surface area contributed by atoms with Crippen LogP contribution in [0, 0.1) is 11.3 Å². The number of hydrogen-bond acceptors (Lipinski definition) is 10. The van der Waals surface area contributed by atoms with Crippen molar-refractivity contribution in [2.45, 2.75) is 82.0 Å². The molecule has 8 unspecified atom stereocenters. The summed E-state index contributed by atoms with van der Waals surface area (Å²) in [6.45, 7) is 9.78. The maximum Gasteiger partial charge on any atom is 0.408 e. The minimum Gasteiger partial charge on any atom is -0.479 e. The zero-order valence-electron chi connectivity index (χ0n) is 26.0. The molecule has 8 atom stereocenters. The van der Waals surface area contributed by atoms with Crippen molar-refractivity contribution in [1.29, 1.82) is 0 Å². The second-order valence-electron chi connectivity index (χ2n) is 13.4. The summed E-state index contributed by atoms with van der Waals surface area (Å²) in [5.74, 6) is -2.40. The van der Waals surface area contributed by atoms with Crippen molar-refractivity contribution in [2.75, 3.05) is 19.8 Å². The van der Waals surface area contributed by atoms with Gasteiger partial charge >= 0.3 is 12.1 Å². The number of fused-ring (bicyclic) bond motifs is 1. The number of benzene rings is 1. The molecule has 3 N–H and O–H groups in total. The van der Waals surface area contributed by atoms with E-state index >= 15 is 0 Å². The summed E-state index contributed by atoms with van der Waals surface area (Å²) in [6, 6.07) is 6.52. The number of aromatic nitrogens is 4. The summed E-state index contributed by atoms with van der Waals surface area (Å²) < 4.78 is 17.0. The lowest BCUT2D eigenvalue weighted by molar-refractivity contribution is -0.146. The Balaban J connectivity index is 1.24. The van der Waals surface area contributed by atoms with Crippen molar-refractivity contribution >= 4 is 23.9 Å². The molecule has 0 spiro atoms. The van der Waals surface area contributed by atoms with Crippen LogP contribution >= 0.6 is 0 Å². The maximum atomic E-state index is 14.3. The number of carboxylic acids is 1. The molecular formula is C31H39N7O8. The first kappa shape index (κ1) is 31.6. The average Bonchev–Trinajstić information content (AvgIpc) is 3.57. The molecule has 4 aliphatic rings. The fraction of sp³-hybridized carbons (Fsp3) is 0.581. The minimum atomic E-state index is -1.49. The van der Waals surface area contributed by atoms with Crippen LogP contribution in [0.25, 0.3) is 11.4 Å². The predicted molar refractivity (Wildman–Crippen MR) is 160 cm³/mol. The second kappa shape index (κ2) is 12.1. The number of ether oxygens (including phenoxy) is 3. The number of rotatable bonds is 9. The van der Waals surface area contributed by atoms with Gasteiger partial charge in [0.2, 0.25) is 17.6 Å². The third-order valence-corrected chi connectivity index (χ3v) is 9.23. The number of hydrogen-bond donors (Lipinski definition) is 3. The molecule has 1 aromatic carbocycles. The number of nitrogens with one attached hydrogen (secondary N) is 2. The normalized spacial score (nSPS) is 30.7. The highest BCUT2D eigenvalue weighted by atomic mass is 16.6. The molecule has 0 bridgehead atoms. The van der Waals surface area contributed by atoms with Crippen LogP contribution < -0.4 is 10.6 Å². The first-order chi connectivity index (χ1) is 21.9. The molecule has 246 valence electrons. The number of aliphatic carboxylic acids is 1. The first-order valence-corrected chi connectivity index (χ1v) is 15.4. The van der Waals surface area contributed by atoms with E-state index in [-0.39, 0.29) is 38.2 Å². The monoisotopic (exact) mass is 637 g/mol. The fourth-order valence-corrected chi connectivity index (χ4v) is 6.51. The molecule has 3 amide bonds. The Labute approximate surface area is 265 Å². The van der Waals surface area contributed by atoms with Crippen LogP contribution in [0.5, 0.6) is 0 Å². The Morgan fingerprint density at radius 3 is 2.63 bits per heavy atom. The zero-order chi connectivity index (χ0) is 32.8. The van der Waals surface area contributed by atoms with Gasteiger partial charge in [-0.25, -0.2) is 9.59 Å². The van der Waals surface area contributed by atoms with Crippen molar-refractivity contribution < 1.29 is 38.5 Å². The summed E-state index contributed by atoms with van der Waals surface area (Å²) in [5, 5.41) is 28.2. The van der Waals surface area contributed by atoms with E-state index in [1.165, 1.54) is 15.8 Å². The Hall–Kier alpha value is -4.37. The van der Waals surface area contributed by atoms with Crippen LogP contribution in [0.2, 0.25) is 0 Å². The molecule has 2 aromatic rings. The van der Waals surface area contributed by atoms with Crippen molar-refractivity contribution in [3.8, 4) is 11.4 Å². The molecule has 6 rings (SSSR count). The number of amides is 3. The summed E-state index contributed by atoms with van der Waals surface area (Å²) >= 11 is 0. The Morgan fingerprint density at radius 2 is 1.96 bits per heavy atom. The van der Waals surface area contributed by atoms with Gasteiger partial charge in [0.1, 0.15) is 23.7 Å². The van der Waals surface area contributed by atoms with Gasteiger partial charge in [-0.15, -0.1) is 16.8 Å². The van der Waals surface area contributed by atoms with Gasteiger partial charge in [0.15, 0.2) is 6.10 Å². The highest BCUT2D eigenvalue weighted by molar-refractivity contribution is 5.96.